The monoisotopic (exact) mass is 468 g/mol. The maximum absolute atomic E-state index is 13.1. The minimum Gasteiger partial charge on any atom is -0.507 e. The molecule has 1 atom stereocenters. The maximum Gasteiger partial charge on any atom is 0.308 e. The topological polar surface area (TPSA) is 106 Å². The molecule has 3 rings (SSSR count). The number of methoxy groups -OCH3 is 2. The van der Waals surface area contributed by atoms with Crippen LogP contribution in [0.4, 0.5) is 0 Å². The van der Waals surface area contributed by atoms with Crippen LogP contribution in [-0.4, -0.2) is 74.0 Å². The van der Waals surface area contributed by atoms with E-state index in [0.29, 0.717) is 34.9 Å². The van der Waals surface area contributed by atoms with Crippen LogP contribution in [-0.2, 0) is 14.4 Å². The number of aliphatic hydroxyl groups is 1. The molecule has 1 N–H and O–H groups in total. The fraction of sp³-hybridized carbons (Fsp3) is 0.320. The zero-order valence-corrected chi connectivity index (χ0v) is 19.8. The molecule has 2 aromatic carbocycles. The molecule has 1 aliphatic heterocycles. The second-order valence-electron chi connectivity index (χ2n) is 8.03. The number of carbonyl (C=O) groups excluding carboxylic acids is 3. The third-order valence-corrected chi connectivity index (χ3v) is 5.44. The molecule has 0 radical (unpaired) electrons. The molecule has 9 nitrogen and oxygen atoms in total. The highest BCUT2D eigenvalue weighted by Crippen LogP contribution is 2.40. The number of likely N-dealkylation sites (N-methyl/N-ethyl adjacent to an activating group) is 1. The molecule has 34 heavy (non-hydrogen) atoms. The number of rotatable bonds is 8. The second-order valence-corrected chi connectivity index (χ2v) is 8.03. The van der Waals surface area contributed by atoms with Gasteiger partial charge in [-0.05, 0) is 50.0 Å². The van der Waals surface area contributed by atoms with E-state index >= 15 is 0 Å². The molecule has 0 aliphatic carbocycles. The van der Waals surface area contributed by atoms with Crippen molar-refractivity contribution in [2.45, 2.75) is 13.0 Å². The fourth-order valence-corrected chi connectivity index (χ4v) is 3.79. The smallest absolute Gasteiger partial charge is 0.308 e. The number of carbonyl (C=O) groups is 3. The van der Waals surface area contributed by atoms with Crippen LogP contribution in [0.25, 0.3) is 5.76 Å². The third kappa shape index (κ3) is 5.04. The SMILES string of the molecule is COc1ccc(/C(O)=C2/C(=O)C(=O)N(CCN(C)C)C2c2ccc(OC(C)=O)cc2)cc1OC. The molecule has 180 valence electrons. The average molecular weight is 469 g/mol. The van der Waals surface area contributed by atoms with Gasteiger partial charge in [-0.15, -0.1) is 0 Å². The zero-order chi connectivity index (χ0) is 25.0. The first kappa shape index (κ1) is 24.8. The molecule has 0 bridgehead atoms. The maximum atomic E-state index is 13.1. The summed E-state index contributed by atoms with van der Waals surface area (Å²) in [5.41, 5.74) is 0.872. The molecule has 1 unspecified atom stereocenters. The molecular weight excluding hydrogens is 440 g/mol. The van der Waals surface area contributed by atoms with Crippen molar-refractivity contribution in [3.05, 3.63) is 59.2 Å². The Hall–Kier alpha value is -3.85. The Labute approximate surface area is 198 Å². The summed E-state index contributed by atoms with van der Waals surface area (Å²) < 4.78 is 15.6. The van der Waals surface area contributed by atoms with E-state index in [0.717, 1.165) is 0 Å². The predicted molar refractivity (Wildman–Crippen MR) is 125 cm³/mol. The van der Waals surface area contributed by atoms with Gasteiger partial charge in [0.2, 0.25) is 0 Å². The van der Waals surface area contributed by atoms with Crippen LogP contribution in [0, 0.1) is 0 Å². The largest absolute Gasteiger partial charge is 0.507 e. The molecule has 1 amide bonds. The number of amides is 1. The average Bonchev–Trinajstić information content (AvgIpc) is 3.06. The van der Waals surface area contributed by atoms with Gasteiger partial charge in [-0.2, -0.15) is 0 Å². The summed E-state index contributed by atoms with van der Waals surface area (Å²) in [6.07, 6.45) is 0. The first-order valence-electron chi connectivity index (χ1n) is 10.6. The van der Waals surface area contributed by atoms with Crippen molar-refractivity contribution in [1.29, 1.82) is 0 Å². The number of likely N-dealkylation sites (tertiary alicyclic amines) is 1. The Bertz CT molecular complexity index is 1120. The molecular formula is C25H28N2O7. The van der Waals surface area contributed by atoms with Crippen molar-refractivity contribution < 1.29 is 33.7 Å². The molecule has 0 saturated carbocycles. The summed E-state index contributed by atoms with van der Waals surface area (Å²) in [6, 6.07) is 10.4. The van der Waals surface area contributed by atoms with Crippen molar-refractivity contribution in [3.8, 4) is 17.2 Å². The number of benzene rings is 2. The summed E-state index contributed by atoms with van der Waals surface area (Å²) in [5.74, 6) is -1.09. The lowest BCUT2D eigenvalue weighted by atomic mass is 9.95. The van der Waals surface area contributed by atoms with Crippen LogP contribution in [0.1, 0.15) is 24.1 Å². The van der Waals surface area contributed by atoms with E-state index in [-0.39, 0.29) is 17.9 Å². The van der Waals surface area contributed by atoms with E-state index in [2.05, 4.69) is 0 Å². The highest BCUT2D eigenvalue weighted by Gasteiger charge is 2.46. The molecule has 2 aromatic rings. The Kier molecular flexibility index (Phi) is 7.57. The summed E-state index contributed by atoms with van der Waals surface area (Å²) in [6.45, 7) is 2.09. The van der Waals surface area contributed by atoms with Crippen molar-refractivity contribution in [1.82, 2.24) is 9.80 Å². The van der Waals surface area contributed by atoms with Crippen LogP contribution in [0.15, 0.2) is 48.0 Å². The Morgan fingerprint density at radius 3 is 2.24 bits per heavy atom. The summed E-state index contributed by atoms with van der Waals surface area (Å²) in [7, 11) is 6.69. The van der Waals surface area contributed by atoms with E-state index in [9.17, 15) is 19.5 Å². The van der Waals surface area contributed by atoms with E-state index in [1.165, 1.54) is 26.0 Å². The lowest BCUT2D eigenvalue weighted by Crippen LogP contribution is -2.35. The zero-order valence-electron chi connectivity index (χ0n) is 19.8. The quantitative estimate of drug-likeness (QED) is 0.207. The molecule has 9 heteroatoms. The summed E-state index contributed by atoms with van der Waals surface area (Å²) >= 11 is 0. The number of aliphatic hydroxyl groups excluding tert-OH is 1. The van der Waals surface area contributed by atoms with Crippen molar-refractivity contribution >= 4 is 23.4 Å². The van der Waals surface area contributed by atoms with Gasteiger partial charge >= 0.3 is 5.97 Å². The van der Waals surface area contributed by atoms with Gasteiger partial charge in [0.05, 0.1) is 25.8 Å². The first-order valence-corrected chi connectivity index (χ1v) is 10.6. The van der Waals surface area contributed by atoms with Crippen molar-refractivity contribution in [2.75, 3.05) is 41.4 Å². The Morgan fingerprint density at radius 2 is 1.68 bits per heavy atom. The minimum atomic E-state index is -0.820. The van der Waals surface area contributed by atoms with Crippen molar-refractivity contribution in [2.24, 2.45) is 0 Å². The van der Waals surface area contributed by atoms with Gasteiger partial charge in [-0.1, -0.05) is 12.1 Å². The molecule has 1 saturated heterocycles. The third-order valence-electron chi connectivity index (χ3n) is 5.44. The van der Waals surface area contributed by atoms with Crippen LogP contribution in [0.3, 0.4) is 0 Å². The van der Waals surface area contributed by atoms with Gasteiger partial charge in [0.15, 0.2) is 11.5 Å². The normalized spacial score (nSPS) is 17.2. The lowest BCUT2D eigenvalue weighted by molar-refractivity contribution is -0.140. The first-order chi connectivity index (χ1) is 16.2. The van der Waals surface area contributed by atoms with E-state index in [1.807, 2.05) is 19.0 Å². The Balaban J connectivity index is 2.13. The van der Waals surface area contributed by atoms with E-state index in [4.69, 9.17) is 14.2 Å². The van der Waals surface area contributed by atoms with E-state index in [1.54, 1.807) is 42.5 Å². The number of ketones is 1. The van der Waals surface area contributed by atoms with Gasteiger partial charge in [-0.3, -0.25) is 14.4 Å². The van der Waals surface area contributed by atoms with Gasteiger partial charge < -0.3 is 29.1 Å². The van der Waals surface area contributed by atoms with Gasteiger partial charge in [0, 0.05) is 25.6 Å². The van der Waals surface area contributed by atoms with E-state index < -0.39 is 23.7 Å². The molecule has 1 heterocycles. The fourth-order valence-electron chi connectivity index (χ4n) is 3.79. The number of hydrogen-bond acceptors (Lipinski definition) is 8. The molecule has 1 aliphatic rings. The number of Topliss-reactive ketones (excluding diaryl/α,β-unsaturated/α-hetero) is 1. The standard InChI is InChI=1S/C25H28N2O7/c1-15(28)34-18-9-6-16(7-10-18)22-21(24(30)25(31)27(22)13-12-26(2)3)23(29)17-8-11-19(32-4)20(14-17)33-5/h6-11,14,22,29H,12-13H2,1-5H3/b23-21-. The summed E-state index contributed by atoms with van der Waals surface area (Å²) in [5, 5.41) is 11.2. The summed E-state index contributed by atoms with van der Waals surface area (Å²) in [4.78, 5) is 40.7. The van der Waals surface area contributed by atoms with Crippen LogP contribution >= 0.6 is 0 Å². The van der Waals surface area contributed by atoms with Crippen LogP contribution in [0.5, 0.6) is 17.2 Å². The van der Waals surface area contributed by atoms with Gasteiger partial charge in [0.25, 0.3) is 11.7 Å². The molecule has 0 aromatic heterocycles. The molecule has 0 spiro atoms. The van der Waals surface area contributed by atoms with Crippen molar-refractivity contribution in [3.63, 3.8) is 0 Å². The number of esters is 1. The minimum absolute atomic E-state index is 0.0313. The second kappa shape index (κ2) is 10.4. The van der Waals surface area contributed by atoms with Gasteiger partial charge in [-0.25, -0.2) is 0 Å². The lowest BCUT2D eigenvalue weighted by Gasteiger charge is -2.26. The molecule has 1 fully saturated rings. The number of nitrogens with zero attached hydrogens (tertiary/aromatic N) is 2. The highest BCUT2D eigenvalue weighted by atomic mass is 16.5. The van der Waals surface area contributed by atoms with Crippen LogP contribution in [0.2, 0.25) is 0 Å². The predicted octanol–water partition coefficient (Wildman–Crippen LogP) is 2.61. The van der Waals surface area contributed by atoms with Gasteiger partial charge in [0.1, 0.15) is 11.5 Å². The highest BCUT2D eigenvalue weighted by molar-refractivity contribution is 6.46. The Morgan fingerprint density at radius 1 is 1.03 bits per heavy atom. The number of hydrogen-bond donors (Lipinski definition) is 1. The number of ether oxygens (including phenoxy) is 3. The van der Waals surface area contributed by atoms with Crippen LogP contribution < -0.4 is 14.2 Å².